The van der Waals surface area contributed by atoms with Crippen LogP contribution in [0.25, 0.3) is 0 Å². The SMILES string of the molecule is CCOC(=O)c1cccc(NC(=O)C(c2ccccc2)c2ccccc2)c1. The molecule has 0 aromatic heterocycles. The molecular formula is C23H21NO3. The molecule has 0 heterocycles. The van der Waals surface area contributed by atoms with E-state index in [1.54, 1.807) is 31.2 Å². The minimum absolute atomic E-state index is 0.159. The van der Waals surface area contributed by atoms with Crippen molar-refractivity contribution in [3.8, 4) is 0 Å². The third-order valence-electron chi connectivity index (χ3n) is 4.17. The molecule has 0 spiro atoms. The minimum Gasteiger partial charge on any atom is -0.462 e. The van der Waals surface area contributed by atoms with E-state index in [-0.39, 0.29) is 5.91 Å². The van der Waals surface area contributed by atoms with Gasteiger partial charge in [0.2, 0.25) is 5.91 Å². The first-order chi connectivity index (χ1) is 13.2. The van der Waals surface area contributed by atoms with Crippen LogP contribution >= 0.6 is 0 Å². The number of amides is 1. The van der Waals surface area contributed by atoms with E-state index in [0.717, 1.165) is 11.1 Å². The molecule has 0 unspecified atom stereocenters. The zero-order chi connectivity index (χ0) is 19.1. The Labute approximate surface area is 158 Å². The van der Waals surface area contributed by atoms with Crippen LogP contribution in [-0.4, -0.2) is 18.5 Å². The first-order valence-electron chi connectivity index (χ1n) is 8.87. The highest BCUT2D eigenvalue weighted by Crippen LogP contribution is 2.26. The molecule has 136 valence electrons. The second-order valence-corrected chi connectivity index (χ2v) is 6.04. The number of nitrogens with one attached hydrogen (secondary N) is 1. The molecule has 0 aliphatic carbocycles. The van der Waals surface area contributed by atoms with Crippen LogP contribution in [0.2, 0.25) is 0 Å². The zero-order valence-corrected chi connectivity index (χ0v) is 15.1. The first-order valence-corrected chi connectivity index (χ1v) is 8.87. The van der Waals surface area contributed by atoms with Crippen LogP contribution < -0.4 is 5.32 Å². The molecule has 0 saturated heterocycles. The van der Waals surface area contributed by atoms with Gasteiger partial charge in [0.1, 0.15) is 0 Å². The summed E-state index contributed by atoms with van der Waals surface area (Å²) >= 11 is 0. The highest BCUT2D eigenvalue weighted by atomic mass is 16.5. The largest absolute Gasteiger partial charge is 0.462 e. The van der Waals surface area contributed by atoms with E-state index < -0.39 is 11.9 Å². The van der Waals surface area contributed by atoms with Gasteiger partial charge in [0.15, 0.2) is 0 Å². The predicted octanol–water partition coefficient (Wildman–Crippen LogP) is 4.63. The Morgan fingerprint density at radius 1 is 0.852 bits per heavy atom. The number of ether oxygens (including phenoxy) is 1. The normalized spacial score (nSPS) is 10.4. The van der Waals surface area contributed by atoms with Crippen molar-refractivity contribution in [1.29, 1.82) is 0 Å². The van der Waals surface area contributed by atoms with Crippen molar-refractivity contribution < 1.29 is 14.3 Å². The number of esters is 1. The van der Waals surface area contributed by atoms with Crippen LogP contribution in [0.1, 0.15) is 34.3 Å². The summed E-state index contributed by atoms with van der Waals surface area (Å²) in [5.41, 5.74) is 2.78. The van der Waals surface area contributed by atoms with Crippen molar-refractivity contribution in [2.75, 3.05) is 11.9 Å². The second kappa shape index (κ2) is 8.81. The van der Waals surface area contributed by atoms with Gasteiger partial charge in [-0.05, 0) is 36.2 Å². The smallest absolute Gasteiger partial charge is 0.338 e. The van der Waals surface area contributed by atoms with E-state index in [1.165, 1.54) is 0 Å². The summed E-state index contributed by atoms with van der Waals surface area (Å²) in [6.45, 7) is 2.06. The number of carbonyl (C=O) groups excluding carboxylic acids is 2. The van der Waals surface area contributed by atoms with Crippen molar-refractivity contribution in [2.45, 2.75) is 12.8 Å². The van der Waals surface area contributed by atoms with E-state index in [1.807, 2.05) is 60.7 Å². The van der Waals surface area contributed by atoms with Gasteiger partial charge < -0.3 is 10.1 Å². The number of hydrogen-bond donors (Lipinski definition) is 1. The fourth-order valence-electron chi connectivity index (χ4n) is 2.94. The van der Waals surface area contributed by atoms with Gasteiger partial charge in [0.25, 0.3) is 0 Å². The van der Waals surface area contributed by atoms with Gasteiger partial charge in [-0.2, -0.15) is 0 Å². The molecule has 3 aromatic rings. The van der Waals surface area contributed by atoms with E-state index in [2.05, 4.69) is 5.32 Å². The molecule has 4 nitrogen and oxygen atoms in total. The van der Waals surface area contributed by atoms with Gasteiger partial charge in [0.05, 0.1) is 18.1 Å². The van der Waals surface area contributed by atoms with Gasteiger partial charge in [0, 0.05) is 5.69 Å². The summed E-state index contributed by atoms with van der Waals surface area (Å²) < 4.78 is 5.02. The number of carbonyl (C=O) groups is 2. The number of rotatable bonds is 6. The maximum atomic E-state index is 13.1. The highest BCUT2D eigenvalue weighted by molar-refractivity contribution is 5.99. The molecule has 27 heavy (non-hydrogen) atoms. The molecular weight excluding hydrogens is 338 g/mol. The van der Waals surface area contributed by atoms with Gasteiger partial charge in [-0.25, -0.2) is 4.79 Å². The topological polar surface area (TPSA) is 55.4 Å². The lowest BCUT2D eigenvalue weighted by Gasteiger charge is -2.18. The number of anilines is 1. The summed E-state index contributed by atoms with van der Waals surface area (Å²) in [7, 11) is 0. The standard InChI is InChI=1S/C23H21NO3/c1-2-27-23(26)19-14-9-15-20(16-19)24-22(25)21(17-10-5-3-6-11-17)18-12-7-4-8-13-18/h3-16,21H,2H2,1H3,(H,24,25). The Hall–Kier alpha value is -3.40. The van der Waals surface area contributed by atoms with E-state index in [4.69, 9.17) is 4.74 Å². The van der Waals surface area contributed by atoms with Crippen LogP contribution in [0.4, 0.5) is 5.69 Å². The molecule has 0 atom stereocenters. The Balaban J connectivity index is 1.88. The van der Waals surface area contributed by atoms with Crippen molar-refractivity contribution in [2.24, 2.45) is 0 Å². The minimum atomic E-state index is -0.446. The molecule has 0 bridgehead atoms. The molecule has 0 aliphatic rings. The third-order valence-corrected chi connectivity index (χ3v) is 4.17. The molecule has 0 radical (unpaired) electrons. The molecule has 3 rings (SSSR count). The van der Waals surface area contributed by atoms with Gasteiger partial charge in [-0.1, -0.05) is 66.7 Å². The maximum absolute atomic E-state index is 13.1. The Morgan fingerprint density at radius 2 is 1.44 bits per heavy atom. The van der Waals surface area contributed by atoms with Crippen LogP contribution in [0, 0.1) is 0 Å². The summed E-state index contributed by atoms with van der Waals surface area (Å²) in [6, 6.07) is 26.0. The average molecular weight is 359 g/mol. The zero-order valence-electron chi connectivity index (χ0n) is 15.1. The summed E-state index contributed by atoms with van der Waals surface area (Å²) in [4.78, 5) is 25.0. The molecule has 0 fully saturated rings. The second-order valence-electron chi connectivity index (χ2n) is 6.04. The van der Waals surface area contributed by atoms with Crippen molar-refractivity contribution in [1.82, 2.24) is 0 Å². The Bertz CT molecular complexity index is 868. The quantitative estimate of drug-likeness (QED) is 0.653. The van der Waals surface area contributed by atoms with Crippen molar-refractivity contribution in [3.05, 3.63) is 102 Å². The molecule has 0 saturated carbocycles. The lowest BCUT2D eigenvalue weighted by molar-refractivity contribution is -0.116. The first kappa shape index (κ1) is 18.4. The van der Waals surface area contributed by atoms with E-state index in [0.29, 0.717) is 17.9 Å². The van der Waals surface area contributed by atoms with Gasteiger partial charge in [-0.3, -0.25) is 4.79 Å². The molecule has 3 aromatic carbocycles. The van der Waals surface area contributed by atoms with Crippen molar-refractivity contribution in [3.63, 3.8) is 0 Å². The summed E-state index contributed by atoms with van der Waals surface area (Å²) in [5, 5.41) is 2.93. The predicted molar refractivity (Wildman–Crippen MR) is 106 cm³/mol. The Kier molecular flexibility index (Phi) is 6.00. The average Bonchev–Trinajstić information content (AvgIpc) is 2.70. The van der Waals surface area contributed by atoms with Crippen LogP contribution in [0.15, 0.2) is 84.9 Å². The van der Waals surface area contributed by atoms with Gasteiger partial charge in [-0.15, -0.1) is 0 Å². The number of hydrogen-bond acceptors (Lipinski definition) is 3. The van der Waals surface area contributed by atoms with Gasteiger partial charge >= 0.3 is 5.97 Å². The fourth-order valence-corrected chi connectivity index (χ4v) is 2.94. The van der Waals surface area contributed by atoms with E-state index >= 15 is 0 Å². The fraction of sp³-hybridized carbons (Fsp3) is 0.130. The maximum Gasteiger partial charge on any atom is 0.338 e. The van der Waals surface area contributed by atoms with Crippen LogP contribution in [0.5, 0.6) is 0 Å². The molecule has 4 heteroatoms. The lowest BCUT2D eigenvalue weighted by Crippen LogP contribution is -2.22. The van der Waals surface area contributed by atoms with Crippen LogP contribution in [0.3, 0.4) is 0 Å². The molecule has 1 N–H and O–H groups in total. The summed E-state index contributed by atoms with van der Waals surface area (Å²) in [5.74, 6) is -1.01. The monoisotopic (exact) mass is 359 g/mol. The molecule has 1 amide bonds. The highest BCUT2D eigenvalue weighted by Gasteiger charge is 2.22. The summed E-state index contributed by atoms with van der Waals surface area (Å²) in [6.07, 6.45) is 0. The number of benzene rings is 3. The van der Waals surface area contributed by atoms with Crippen molar-refractivity contribution >= 4 is 17.6 Å². The third kappa shape index (κ3) is 4.61. The van der Waals surface area contributed by atoms with E-state index in [9.17, 15) is 9.59 Å². The molecule has 0 aliphatic heterocycles. The Morgan fingerprint density at radius 3 is 2.00 bits per heavy atom. The van der Waals surface area contributed by atoms with Crippen LogP contribution in [-0.2, 0) is 9.53 Å². The lowest BCUT2D eigenvalue weighted by atomic mass is 9.90.